The van der Waals surface area contributed by atoms with Crippen LogP contribution in [-0.2, 0) is 4.79 Å². The average molecular weight is 248 g/mol. The molecule has 4 saturated carbocycles. The van der Waals surface area contributed by atoms with Gasteiger partial charge in [-0.3, -0.25) is 4.79 Å². The van der Waals surface area contributed by atoms with Crippen LogP contribution in [0.2, 0.25) is 0 Å². The van der Waals surface area contributed by atoms with E-state index in [0.29, 0.717) is 18.0 Å². The average Bonchev–Trinajstić information content (AvgIpc) is 2.30. The molecule has 100 valence electrons. The van der Waals surface area contributed by atoms with Crippen molar-refractivity contribution in [2.24, 2.45) is 23.2 Å². The van der Waals surface area contributed by atoms with Gasteiger partial charge < -0.3 is 10.6 Å². The summed E-state index contributed by atoms with van der Waals surface area (Å²) in [5.41, 5.74) is 0.633. The summed E-state index contributed by atoms with van der Waals surface area (Å²) < 4.78 is 0. The van der Waals surface area contributed by atoms with Crippen LogP contribution in [0.25, 0.3) is 0 Å². The van der Waals surface area contributed by atoms with Gasteiger partial charge in [-0.1, -0.05) is 0 Å². The van der Waals surface area contributed by atoms with E-state index in [4.69, 9.17) is 0 Å². The molecule has 1 amide bonds. The molecule has 1 saturated heterocycles. The Morgan fingerprint density at radius 2 is 1.67 bits per heavy atom. The predicted octanol–water partition coefficient (Wildman–Crippen LogP) is 1.68. The summed E-state index contributed by atoms with van der Waals surface area (Å²) in [6.07, 6.45) is 10.3. The second-order valence-corrected chi connectivity index (χ2v) is 7.50. The fourth-order valence-corrected chi connectivity index (χ4v) is 5.82. The highest BCUT2D eigenvalue weighted by Crippen LogP contribution is 2.61. The van der Waals surface area contributed by atoms with Gasteiger partial charge >= 0.3 is 0 Å². The largest absolute Gasteiger partial charge is 0.353 e. The summed E-state index contributed by atoms with van der Waals surface area (Å²) >= 11 is 0. The molecular formula is C15H24N2O. The van der Waals surface area contributed by atoms with Gasteiger partial charge in [-0.25, -0.2) is 0 Å². The molecule has 5 rings (SSSR count). The number of hydrogen-bond donors (Lipinski definition) is 2. The van der Waals surface area contributed by atoms with Gasteiger partial charge in [-0.05, 0) is 68.1 Å². The summed E-state index contributed by atoms with van der Waals surface area (Å²) in [5.74, 6) is 3.27. The van der Waals surface area contributed by atoms with Gasteiger partial charge in [-0.15, -0.1) is 0 Å². The SMILES string of the molecule is O=C1CNC(CC23CC4CC(CC(C4)C2)C3)CN1. The third kappa shape index (κ3) is 1.87. The van der Waals surface area contributed by atoms with E-state index < -0.39 is 0 Å². The Morgan fingerprint density at radius 1 is 1.06 bits per heavy atom. The lowest BCUT2D eigenvalue weighted by molar-refractivity contribution is -0.122. The number of hydrogen-bond acceptors (Lipinski definition) is 2. The highest BCUT2D eigenvalue weighted by atomic mass is 16.2. The van der Waals surface area contributed by atoms with Crippen molar-refractivity contribution < 1.29 is 4.79 Å². The number of amides is 1. The molecular weight excluding hydrogens is 224 g/mol. The van der Waals surface area contributed by atoms with Crippen LogP contribution in [0.1, 0.15) is 44.9 Å². The zero-order chi connectivity index (χ0) is 12.2. The Balaban J connectivity index is 1.46. The van der Waals surface area contributed by atoms with Crippen molar-refractivity contribution in [1.29, 1.82) is 0 Å². The van der Waals surface area contributed by atoms with E-state index in [1.165, 1.54) is 44.9 Å². The first kappa shape index (κ1) is 11.3. The van der Waals surface area contributed by atoms with Crippen molar-refractivity contribution in [2.75, 3.05) is 13.1 Å². The predicted molar refractivity (Wildman–Crippen MR) is 70.0 cm³/mol. The van der Waals surface area contributed by atoms with Crippen LogP contribution in [0.4, 0.5) is 0 Å². The van der Waals surface area contributed by atoms with Crippen molar-refractivity contribution >= 4 is 5.91 Å². The smallest absolute Gasteiger partial charge is 0.234 e. The summed E-state index contributed by atoms with van der Waals surface area (Å²) in [6, 6.07) is 0.527. The topological polar surface area (TPSA) is 41.1 Å². The fourth-order valence-electron chi connectivity index (χ4n) is 5.82. The Morgan fingerprint density at radius 3 is 2.17 bits per heavy atom. The van der Waals surface area contributed by atoms with Crippen molar-refractivity contribution in [3.05, 3.63) is 0 Å². The molecule has 18 heavy (non-hydrogen) atoms. The zero-order valence-electron chi connectivity index (χ0n) is 11.1. The first-order valence-corrected chi connectivity index (χ1v) is 7.71. The highest BCUT2D eigenvalue weighted by molar-refractivity contribution is 5.78. The second-order valence-electron chi connectivity index (χ2n) is 7.50. The molecule has 2 N–H and O–H groups in total. The first-order valence-electron chi connectivity index (χ1n) is 7.71. The summed E-state index contributed by atoms with van der Waals surface area (Å²) in [7, 11) is 0. The van der Waals surface area contributed by atoms with E-state index >= 15 is 0 Å². The van der Waals surface area contributed by atoms with Gasteiger partial charge in [0.1, 0.15) is 0 Å². The Bertz CT molecular complexity index is 320. The molecule has 0 spiro atoms. The van der Waals surface area contributed by atoms with Crippen molar-refractivity contribution in [2.45, 2.75) is 51.0 Å². The van der Waals surface area contributed by atoms with Gasteiger partial charge in [0.2, 0.25) is 5.91 Å². The molecule has 5 aliphatic rings. The third-order valence-electron chi connectivity index (χ3n) is 5.94. The molecule has 0 aromatic rings. The maximum Gasteiger partial charge on any atom is 0.234 e. The third-order valence-corrected chi connectivity index (χ3v) is 5.94. The summed E-state index contributed by atoms with van der Waals surface area (Å²) in [6.45, 7) is 1.37. The number of piperazine rings is 1. The molecule has 5 fully saturated rings. The number of rotatable bonds is 2. The molecule has 4 aliphatic carbocycles. The molecule has 0 aromatic heterocycles. The van der Waals surface area contributed by atoms with Crippen molar-refractivity contribution in [1.82, 2.24) is 10.6 Å². The van der Waals surface area contributed by atoms with E-state index in [2.05, 4.69) is 10.6 Å². The quantitative estimate of drug-likeness (QED) is 0.780. The van der Waals surface area contributed by atoms with E-state index in [0.717, 1.165) is 24.3 Å². The molecule has 1 heterocycles. The molecule has 3 heteroatoms. The Kier molecular flexibility index (Phi) is 2.48. The Labute approximate surface area is 109 Å². The highest BCUT2D eigenvalue weighted by Gasteiger charge is 2.51. The minimum Gasteiger partial charge on any atom is -0.353 e. The van der Waals surface area contributed by atoms with Crippen LogP contribution in [0.3, 0.4) is 0 Å². The normalized spacial score (nSPS) is 50.3. The molecule has 4 bridgehead atoms. The molecule has 1 atom stereocenters. The standard InChI is InChI=1S/C15H24N2O/c18-14-9-16-13(8-17-14)7-15-4-10-1-11(5-15)3-12(2-10)6-15/h10-13,16H,1-9H2,(H,17,18). The lowest BCUT2D eigenvalue weighted by atomic mass is 9.48. The van der Waals surface area contributed by atoms with Gasteiger partial charge in [0.05, 0.1) is 6.54 Å². The van der Waals surface area contributed by atoms with E-state index in [9.17, 15) is 4.79 Å². The monoisotopic (exact) mass is 248 g/mol. The maximum absolute atomic E-state index is 11.2. The van der Waals surface area contributed by atoms with Crippen LogP contribution in [0.15, 0.2) is 0 Å². The van der Waals surface area contributed by atoms with Crippen molar-refractivity contribution in [3.63, 3.8) is 0 Å². The van der Waals surface area contributed by atoms with Crippen LogP contribution >= 0.6 is 0 Å². The summed E-state index contributed by atoms with van der Waals surface area (Å²) in [5, 5.41) is 6.45. The van der Waals surface area contributed by atoms with Gasteiger partial charge in [0.25, 0.3) is 0 Å². The van der Waals surface area contributed by atoms with Crippen LogP contribution < -0.4 is 10.6 Å². The zero-order valence-corrected chi connectivity index (χ0v) is 11.1. The van der Waals surface area contributed by atoms with E-state index in [1.54, 1.807) is 0 Å². The van der Waals surface area contributed by atoms with E-state index in [-0.39, 0.29) is 5.91 Å². The summed E-state index contributed by atoms with van der Waals surface area (Å²) in [4.78, 5) is 11.2. The molecule has 0 aromatic carbocycles. The maximum atomic E-state index is 11.2. The Hall–Kier alpha value is -0.570. The number of nitrogens with one attached hydrogen (secondary N) is 2. The molecule has 1 aliphatic heterocycles. The van der Waals surface area contributed by atoms with Gasteiger partial charge in [0, 0.05) is 12.6 Å². The molecule has 1 unspecified atom stereocenters. The minimum absolute atomic E-state index is 0.164. The van der Waals surface area contributed by atoms with Crippen LogP contribution in [-0.4, -0.2) is 25.0 Å². The fraction of sp³-hybridized carbons (Fsp3) is 0.933. The van der Waals surface area contributed by atoms with Gasteiger partial charge in [-0.2, -0.15) is 0 Å². The lowest BCUT2D eigenvalue weighted by Gasteiger charge is -2.58. The van der Waals surface area contributed by atoms with Crippen LogP contribution in [0, 0.1) is 23.2 Å². The second kappa shape index (κ2) is 3.96. The lowest BCUT2D eigenvalue weighted by Crippen LogP contribution is -2.55. The van der Waals surface area contributed by atoms with Crippen LogP contribution in [0.5, 0.6) is 0 Å². The van der Waals surface area contributed by atoms with Crippen molar-refractivity contribution in [3.8, 4) is 0 Å². The molecule has 0 radical (unpaired) electrons. The van der Waals surface area contributed by atoms with E-state index in [1.807, 2.05) is 0 Å². The first-order chi connectivity index (χ1) is 8.71. The number of carbonyl (C=O) groups is 1. The molecule has 3 nitrogen and oxygen atoms in total. The minimum atomic E-state index is 0.164. The van der Waals surface area contributed by atoms with Gasteiger partial charge in [0.15, 0.2) is 0 Å². The number of carbonyl (C=O) groups excluding carboxylic acids is 1.